The molecule has 0 saturated heterocycles. The van der Waals surface area contributed by atoms with Crippen LogP contribution in [0.15, 0.2) is 48.5 Å². The number of halogens is 3. The van der Waals surface area contributed by atoms with Gasteiger partial charge in [-0.05, 0) is 28.7 Å². The summed E-state index contributed by atoms with van der Waals surface area (Å²) in [6, 6.07) is 10.9. The molecule has 2 amide bonds. The number of nitrogens with one attached hydrogen (secondary N) is 2. The van der Waals surface area contributed by atoms with Crippen molar-refractivity contribution in [3.05, 3.63) is 59.7 Å². The molecule has 1 aliphatic rings. The van der Waals surface area contributed by atoms with Crippen molar-refractivity contribution in [3.8, 4) is 11.1 Å². The number of ether oxygens (including phenoxy) is 1. The first-order chi connectivity index (χ1) is 15.6. The summed E-state index contributed by atoms with van der Waals surface area (Å²) < 4.78 is 43.9. The Kier molecular flexibility index (Phi) is 7.25. The zero-order valence-electron chi connectivity index (χ0n) is 17.7. The van der Waals surface area contributed by atoms with E-state index < -0.39 is 36.2 Å². The Labute approximate surface area is 187 Å². The zero-order chi connectivity index (χ0) is 24.2. The van der Waals surface area contributed by atoms with E-state index in [0.717, 1.165) is 22.3 Å². The highest BCUT2D eigenvalue weighted by atomic mass is 19.4. The fraction of sp³-hybridized carbons (Fsp3) is 0.348. The van der Waals surface area contributed by atoms with Gasteiger partial charge in [0.25, 0.3) is 0 Å². The highest BCUT2D eigenvalue weighted by Crippen LogP contribution is 2.44. The van der Waals surface area contributed by atoms with Crippen molar-refractivity contribution in [2.24, 2.45) is 0 Å². The lowest BCUT2D eigenvalue weighted by atomic mass is 9.98. The van der Waals surface area contributed by atoms with E-state index in [0.29, 0.717) is 6.42 Å². The second-order valence-corrected chi connectivity index (χ2v) is 7.63. The molecule has 3 rings (SSSR count). The predicted octanol–water partition coefficient (Wildman–Crippen LogP) is 3.83. The van der Waals surface area contributed by atoms with Crippen molar-refractivity contribution in [2.45, 2.75) is 43.9 Å². The Bertz CT molecular complexity index is 995. The molecule has 33 heavy (non-hydrogen) atoms. The molecule has 3 N–H and O–H groups in total. The molecule has 0 heterocycles. The van der Waals surface area contributed by atoms with Gasteiger partial charge < -0.3 is 20.5 Å². The third kappa shape index (κ3) is 5.44. The molecule has 0 aliphatic heterocycles. The number of carbonyl (C=O) groups excluding carboxylic acids is 2. The number of carboxylic acids is 1. The van der Waals surface area contributed by atoms with Crippen LogP contribution in [0.4, 0.5) is 18.0 Å². The van der Waals surface area contributed by atoms with Gasteiger partial charge in [0.2, 0.25) is 11.9 Å². The topological polar surface area (TPSA) is 105 Å². The minimum absolute atomic E-state index is 0.000223. The van der Waals surface area contributed by atoms with E-state index in [9.17, 15) is 27.6 Å². The lowest BCUT2D eigenvalue weighted by Crippen LogP contribution is -2.56. The summed E-state index contributed by atoms with van der Waals surface area (Å²) in [5.41, 5.74) is 4.00. The van der Waals surface area contributed by atoms with Gasteiger partial charge in [-0.1, -0.05) is 61.9 Å². The van der Waals surface area contributed by atoms with E-state index in [2.05, 4.69) is 5.32 Å². The Morgan fingerprint density at radius 2 is 1.55 bits per heavy atom. The minimum atomic E-state index is -5.18. The molecule has 1 aliphatic carbocycles. The molecule has 7 nitrogen and oxygen atoms in total. The number of benzene rings is 2. The van der Waals surface area contributed by atoms with E-state index in [4.69, 9.17) is 9.84 Å². The van der Waals surface area contributed by atoms with Crippen LogP contribution < -0.4 is 10.6 Å². The number of fused-ring (bicyclic) bond motifs is 3. The molecule has 176 valence electrons. The lowest BCUT2D eigenvalue weighted by molar-refractivity contribution is -0.182. The average Bonchev–Trinajstić information content (AvgIpc) is 3.08. The summed E-state index contributed by atoms with van der Waals surface area (Å²) >= 11 is 0. The van der Waals surface area contributed by atoms with Crippen LogP contribution in [-0.4, -0.2) is 47.9 Å². The first-order valence-electron chi connectivity index (χ1n) is 10.3. The maximum atomic E-state index is 12.9. The summed E-state index contributed by atoms with van der Waals surface area (Å²) in [4.78, 5) is 35.5. The number of amides is 2. The molecule has 0 spiro atoms. The molecule has 10 heteroatoms. The number of alkyl carbamates (subject to hydrolysis) is 1. The predicted molar refractivity (Wildman–Crippen MR) is 113 cm³/mol. The average molecular weight is 464 g/mol. The van der Waals surface area contributed by atoms with E-state index in [-0.39, 0.29) is 18.9 Å². The minimum Gasteiger partial charge on any atom is -0.479 e. The van der Waals surface area contributed by atoms with Crippen LogP contribution in [0.2, 0.25) is 0 Å². The van der Waals surface area contributed by atoms with Crippen LogP contribution in [0.5, 0.6) is 0 Å². The molecule has 1 unspecified atom stereocenters. The van der Waals surface area contributed by atoms with Crippen LogP contribution in [-0.2, 0) is 14.3 Å². The highest BCUT2D eigenvalue weighted by molar-refractivity contribution is 5.89. The van der Waals surface area contributed by atoms with Crippen molar-refractivity contribution >= 4 is 18.0 Å². The van der Waals surface area contributed by atoms with Gasteiger partial charge >= 0.3 is 18.2 Å². The van der Waals surface area contributed by atoms with Crippen LogP contribution in [0.3, 0.4) is 0 Å². The van der Waals surface area contributed by atoms with Crippen LogP contribution >= 0.6 is 0 Å². The van der Waals surface area contributed by atoms with Crippen molar-refractivity contribution in [2.75, 3.05) is 6.61 Å². The largest absolute Gasteiger partial charge is 0.479 e. The number of aliphatic carboxylic acids is 1. The molecular formula is C23H23F3N2O5. The molecule has 2 aromatic rings. The van der Waals surface area contributed by atoms with Crippen molar-refractivity contribution < 1.29 is 37.4 Å². The van der Waals surface area contributed by atoms with E-state index in [1.165, 1.54) is 5.32 Å². The van der Waals surface area contributed by atoms with Gasteiger partial charge in [-0.15, -0.1) is 0 Å². The van der Waals surface area contributed by atoms with Crippen LogP contribution in [0, 0.1) is 0 Å². The van der Waals surface area contributed by atoms with Gasteiger partial charge in [-0.25, -0.2) is 9.59 Å². The monoisotopic (exact) mass is 464 g/mol. The SMILES string of the molecule is CCC[C@@H](NC(=O)OCC1c2ccccc2-c2ccccc21)C(=O)NC(C(=O)O)C(F)(F)F. The number of hydrogen-bond acceptors (Lipinski definition) is 4. The standard InChI is InChI=1S/C23H23F3N2O5/c1-2-7-18(20(29)28-19(21(30)31)23(24,25)26)27-22(32)33-12-17-15-10-5-3-8-13(15)14-9-4-6-11-16(14)17/h3-6,8-11,17-19H,2,7,12H2,1H3,(H,27,32)(H,28,29)(H,30,31)/t18-,19?/m1/s1. The van der Waals surface area contributed by atoms with Crippen molar-refractivity contribution in [1.82, 2.24) is 10.6 Å². The fourth-order valence-electron chi connectivity index (χ4n) is 3.87. The number of alkyl halides is 3. The maximum Gasteiger partial charge on any atom is 0.419 e. The molecule has 0 aromatic heterocycles. The number of hydrogen-bond donors (Lipinski definition) is 3. The molecular weight excluding hydrogens is 441 g/mol. The summed E-state index contributed by atoms with van der Waals surface area (Å²) in [6.45, 7) is 1.62. The van der Waals surface area contributed by atoms with Gasteiger partial charge in [0.05, 0.1) is 0 Å². The van der Waals surface area contributed by atoms with E-state index >= 15 is 0 Å². The van der Waals surface area contributed by atoms with Crippen molar-refractivity contribution in [3.63, 3.8) is 0 Å². The third-order valence-electron chi connectivity index (χ3n) is 5.39. The molecule has 0 bridgehead atoms. The quantitative estimate of drug-likeness (QED) is 0.551. The Morgan fingerprint density at radius 3 is 2.03 bits per heavy atom. The van der Waals surface area contributed by atoms with Gasteiger partial charge in [0.15, 0.2) is 0 Å². The van der Waals surface area contributed by atoms with Crippen molar-refractivity contribution in [1.29, 1.82) is 0 Å². The lowest BCUT2D eigenvalue weighted by Gasteiger charge is -2.22. The van der Waals surface area contributed by atoms with Gasteiger partial charge in [0.1, 0.15) is 12.6 Å². The Balaban J connectivity index is 1.66. The summed E-state index contributed by atoms with van der Waals surface area (Å²) in [5.74, 6) is -3.73. The third-order valence-corrected chi connectivity index (χ3v) is 5.39. The summed E-state index contributed by atoms with van der Waals surface area (Å²) in [7, 11) is 0. The maximum absolute atomic E-state index is 12.9. The van der Waals surface area contributed by atoms with Crippen LogP contribution in [0.25, 0.3) is 11.1 Å². The first kappa shape index (κ1) is 24.1. The van der Waals surface area contributed by atoms with E-state index in [1.54, 1.807) is 6.92 Å². The zero-order valence-corrected chi connectivity index (χ0v) is 17.7. The van der Waals surface area contributed by atoms with Gasteiger partial charge in [-0.2, -0.15) is 13.2 Å². The molecule has 2 atom stereocenters. The number of carbonyl (C=O) groups is 3. The summed E-state index contributed by atoms with van der Waals surface area (Å²) in [5, 5.41) is 12.5. The van der Waals surface area contributed by atoms with E-state index in [1.807, 2.05) is 48.5 Å². The summed E-state index contributed by atoms with van der Waals surface area (Å²) in [6.07, 6.45) is -5.81. The molecule has 0 saturated carbocycles. The second kappa shape index (κ2) is 9.93. The normalized spacial score (nSPS) is 14.5. The van der Waals surface area contributed by atoms with Gasteiger partial charge in [0, 0.05) is 5.92 Å². The smallest absolute Gasteiger partial charge is 0.419 e. The Morgan fingerprint density at radius 1 is 1.00 bits per heavy atom. The first-order valence-corrected chi connectivity index (χ1v) is 10.3. The molecule has 0 radical (unpaired) electrons. The molecule has 2 aromatic carbocycles. The highest BCUT2D eigenvalue weighted by Gasteiger charge is 2.47. The number of carboxylic acid groups (broad SMARTS) is 1. The fourth-order valence-corrected chi connectivity index (χ4v) is 3.87. The van der Waals surface area contributed by atoms with Gasteiger partial charge in [-0.3, -0.25) is 4.79 Å². The van der Waals surface area contributed by atoms with Crippen LogP contribution in [0.1, 0.15) is 36.8 Å². The number of rotatable bonds is 8. The Hall–Kier alpha value is -3.56. The second-order valence-electron chi connectivity index (χ2n) is 7.63. The molecule has 0 fully saturated rings.